The molecule has 1 fully saturated rings. The van der Waals surface area contributed by atoms with Crippen molar-refractivity contribution in [1.29, 1.82) is 0 Å². The Bertz CT molecular complexity index is 428. The molecule has 1 aromatic rings. The van der Waals surface area contributed by atoms with E-state index in [0.29, 0.717) is 5.95 Å². The van der Waals surface area contributed by atoms with E-state index in [0.717, 1.165) is 31.5 Å². The number of aromatic nitrogens is 3. The van der Waals surface area contributed by atoms with Crippen molar-refractivity contribution in [3.8, 4) is 0 Å². The van der Waals surface area contributed by atoms with Crippen LogP contribution in [-0.2, 0) is 4.74 Å². The van der Waals surface area contributed by atoms with Gasteiger partial charge in [-0.15, -0.1) is 0 Å². The number of ether oxygens (including phenoxy) is 1. The highest BCUT2D eigenvalue weighted by atomic mass is 16.5. The Balaban J connectivity index is 2.12. The van der Waals surface area contributed by atoms with E-state index in [1.54, 1.807) is 0 Å². The second-order valence-electron chi connectivity index (χ2n) is 5.12. The van der Waals surface area contributed by atoms with E-state index >= 15 is 0 Å². The van der Waals surface area contributed by atoms with Gasteiger partial charge in [0.25, 0.3) is 0 Å². The molecule has 0 bridgehead atoms. The lowest BCUT2D eigenvalue weighted by Gasteiger charge is -2.47. The second kappa shape index (κ2) is 4.68. The van der Waals surface area contributed by atoms with Crippen molar-refractivity contribution >= 4 is 11.9 Å². The van der Waals surface area contributed by atoms with Crippen molar-refractivity contribution in [3.05, 3.63) is 5.82 Å². The first kappa shape index (κ1) is 13.0. The van der Waals surface area contributed by atoms with Gasteiger partial charge < -0.3 is 14.5 Å². The van der Waals surface area contributed by atoms with Crippen molar-refractivity contribution in [2.24, 2.45) is 0 Å². The molecule has 100 valence electrons. The molecule has 1 aliphatic rings. The monoisotopic (exact) mass is 251 g/mol. The molecule has 6 nitrogen and oxygen atoms in total. The predicted molar refractivity (Wildman–Crippen MR) is 71.1 cm³/mol. The van der Waals surface area contributed by atoms with Crippen molar-refractivity contribution in [2.45, 2.75) is 26.4 Å². The molecule has 0 N–H and O–H groups in total. The van der Waals surface area contributed by atoms with Crippen molar-refractivity contribution in [3.63, 3.8) is 0 Å². The standard InChI is InChI=1S/C12H21N5O/c1-6-18-12(3)7-17(8-12)11-14-9(2)13-10(15-11)16(4)5/h6-8H2,1-5H3. The third kappa shape index (κ3) is 2.53. The molecule has 0 atom stereocenters. The summed E-state index contributed by atoms with van der Waals surface area (Å²) in [6.45, 7) is 8.43. The summed E-state index contributed by atoms with van der Waals surface area (Å²) in [6, 6.07) is 0. The van der Waals surface area contributed by atoms with E-state index in [2.05, 4.69) is 26.8 Å². The van der Waals surface area contributed by atoms with Gasteiger partial charge in [-0.1, -0.05) is 0 Å². The van der Waals surface area contributed by atoms with Gasteiger partial charge in [0.1, 0.15) is 11.4 Å². The van der Waals surface area contributed by atoms with Crippen LogP contribution in [0.2, 0.25) is 0 Å². The largest absolute Gasteiger partial charge is 0.372 e. The molecule has 6 heteroatoms. The van der Waals surface area contributed by atoms with Crippen LogP contribution < -0.4 is 9.80 Å². The van der Waals surface area contributed by atoms with Crippen molar-refractivity contribution in [2.75, 3.05) is 43.6 Å². The van der Waals surface area contributed by atoms with E-state index in [1.165, 1.54) is 0 Å². The first-order valence-corrected chi connectivity index (χ1v) is 6.22. The molecule has 0 unspecified atom stereocenters. The van der Waals surface area contributed by atoms with Crippen molar-refractivity contribution in [1.82, 2.24) is 15.0 Å². The smallest absolute Gasteiger partial charge is 0.230 e. The highest BCUT2D eigenvalue weighted by Gasteiger charge is 2.41. The summed E-state index contributed by atoms with van der Waals surface area (Å²) in [5.41, 5.74) is -0.0619. The molecule has 18 heavy (non-hydrogen) atoms. The maximum absolute atomic E-state index is 5.70. The van der Waals surface area contributed by atoms with Crippen LogP contribution in [0.5, 0.6) is 0 Å². The van der Waals surface area contributed by atoms with E-state index in [-0.39, 0.29) is 5.60 Å². The van der Waals surface area contributed by atoms with Crippen LogP contribution in [0.4, 0.5) is 11.9 Å². The van der Waals surface area contributed by atoms with Gasteiger partial charge in [0.2, 0.25) is 11.9 Å². The third-order valence-electron chi connectivity index (χ3n) is 2.95. The molecule has 1 saturated heterocycles. The molecule has 0 aromatic carbocycles. The van der Waals surface area contributed by atoms with E-state index < -0.39 is 0 Å². The first-order valence-electron chi connectivity index (χ1n) is 6.22. The molecular weight excluding hydrogens is 230 g/mol. The van der Waals surface area contributed by atoms with Gasteiger partial charge in [-0.05, 0) is 20.8 Å². The zero-order valence-electron chi connectivity index (χ0n) is 11.8. The average Bonchev–Trinajstić information content (AvgIpc) is 2.25. The van der Waals surface area contributed by atoms with Gasteiger partial charge >= 0.3 is 0 Å². The molecule has 1 aromatic heterocycles. The zero-order valence-corrected chi connectivity index (χ0v) is 11.8. The minimum atomic E-state index is -0.0619. The quantitative estimate of drug-likeness (QED) is 0.791. The molecule has 0 spiro atoms. The summed E-state index contributed by atoms with van der Waals surface area (Å²) in [4.78, 5) is 17.1. The van der Waals surface area contributed by atoms with Gasteiger partial charge in [0.15, 0.2) is 0 Å². The van der Waals surface area contributed by atoms with Gasteiger partial charge in [-0.3, -0.25) is 0 Å². The molecule has 0 amide bonds. The number of hydrogen-bond acceptors (Lipinski definition) is 6. The number of aryl methyl sites for hydroxylation is 1. The summed E-state index contributed by atoms with van der Waals surface area (Å²) in [6.07, 6.45) is 0. The number of nitrogens with zero attached hydrogens (tertiary/aromatic N) is 5. The van der Waals surface area contributed by atoms with Crippen LogP contribution in [0.25, 0.3) is 0 Å². The fraction of sp³-hybridized carbons (Fsp3) is 0.750. The molecule has 0 aliphatic carbocycles. The molecular formula is C12H21N5O. The highest BCUT2D eigenvalue weighted by Crippen LogP contribution is 2.28. The number of hydrogen-bond donors (Lipinski definition) is 0. The number of rotatable bonds is 4. The molecule has 2 rings (SSSR count). The summed E-state index contributed by atoms with van der Waals surface area (Å²) in [7, 11) is 3.86. The normalized spacial score (nSPS) is 17.5. The van der Waals surface area contributed by atoms with Crippen LogP contribution in [-0.4, -0.2) is 54.3 Å². The Morgan fingerprint density at radius 1 is 1.28 bits per heavy atom. The third-order valence-corrected chi connectivity index (χ3v) is 2.95. The molecule has 1 aliphatic heterocycles. The Kier molecular flexibility index (Phi) is 3.38. The average molecular weight is 251 g/mol. The van der Waals surface area contributed by atoms with Gasteiger partial charge in [0, 0.05) is 20.7 Å². The van der Waals surface area contributed by atoms with Crippen LogP contribution in [0.3, 0.4) is 0 Å². The van der Waals surface area contributed by atoms with E-state index in [9.17, 15) is 0 Å². The Morgan fingerprint density at radius 2 is 1.94 bits per heavy atom. The van der Waals surface area contributed by atoms with Crippen LogP contribution in [0.15, 0.2) is 0 Å². The Labute approximate surface area is 108 Å². The van der Waals surface area contributed by atoms with Gasteiger partial charge in [-0.25, -0.2) is 0 Å². The lowest BCUT2D eigenvalue weighted by Crippen LogP contribution is -2.62. The highest BCUT2D eigenvalue weighted by molar-refractivity contribution is 5.42. The summed E-state index contributed by atoms with van der Waals surface area (Å²) in [5, 5.41) is 0. The minimum Gasteiger partial charge on any atom is -0.372 e. The Morgan fingerprint density at radius 3 is 2.50 bits per heavy atom. The summed E-state index contributed by atoms with van der Waals surface area (Å²) >= 11 is 0. The van der Waals surface area contributed by atoms with E-state index in [1.807, 2.05) is 32.8 Å². The van der Waals surface area contributed by atoms with Crippen molar-refractivity contribution < 1.29 is 4.74 Å². The number of anilines is 2. The SMILES string of the molecule is CCOC1(C)CN(c2nc(C)nc(N(C)C)n2)C1. The van der Waals surface area contributed by atoms with Crippen LogP contribution in [0, 0.1) is 6.92 Å². The van der Waals surface area contributed by atoms with Crippen LogP contribution in [0.1, 0.15) is 19.7 Å². The summed E-state index contributed by atoms with van der Waals surface area (Å²) in [5.74, 6) is 2.18. The van der Waals surface area contributed by atoms with Gasteiger partial charge in [-0.2, -0.15) is 15.0 Å². The van der Waals surface area contributed by atoms with Gasteiger partial charge in [0.05, 0.1) is 13.1 Å². The van der Waals surface area contributed by atoms with Crippen LogP contribution >= 0.6 is 0 Å². The lowest BCUT2D eigenvalue weighted by molar-refractivity contribution is -0.0452. The topological polar surface area (TPSA) is 54.4 Å². The first-order chi connectivity index (χ1) is 8.43. The maximum Gasteiger partial charge on any atom is 0.230 e. The molecule has 0 radical (unpaired) electrons. The molecule has 0 saturated carbocycles. The molecule has 2 heterocycles. The maximum atomic E-state index is 5.70. The second-order valence-corrected chi connectivity index (χ2v) is 5.12. The lowest BCUT2D eigenvalue weighted by atomic mass is 9.97. The summed E-state index contributed by atoms with van der Waals surface area (Å²) < 4.78 is 5.70. The predicted octanol–water partition coefficient (Wildman–Crippen LogP) is 0.861. The Hall–Kier alpha value is -1.43. The zero-order chi connectivity index (χ0) is 13.3. The fourth-order valence-corrected chi connectivity index (χ4v) is 2.14. The minimum absolute atomic E-state index is 0.0619. The van der Waals surface area contributed by atoms with E-state index in [4.69, 9.17) is 4.74 Å². The fourth-order valence-electron chi connectivity index (χ4n) is 2.14.